The van der Waals surface area contributed by atoms with Gasteiger partial charge in [-0.3, -0.25) is 5.43 Å². The average Bonchev–Trinajstić information content (AvgIpc) is 3.15. The van der Waals surface area contributed by atoms with Crippen LogP contribution in [0.25, 0.3) is 5.70 Å². The highest BCUT2D eigenvalue weighted by Crippen LogP contribution is 2.34. The summed E-state index contributed by atoms with van der Waals surface area (Å²) in [5.41, 5.74) is 5.18. The Kier molecular flexibility index (Phi) is 3.78. The largest absolute Gasteiger partial charge is 0.307 e. The highest BCUT2D eigenvalue weighted by Gasteiger charge is 2.26. The molecule has 2 aliphatic rings. The lowest BCUT2D eigenvalue weighted by Gasteiger charge is -2.21. The van der Waals surface area contributed by atoms with Gasteiger partial charge in [0.05, 0.1) is 16.8 Å². The van der Waals surface area contributed by atoms with Gasteiger partial charge in [0.2, 0.25) is 5.16 Å². The van der Waals surface area contributed by atoms with Crippen LogP contribution in [0.3, 0.4) is 0 Å². The molecule has 22 heavy (non-hydrogen) atoms. The van der Waals surface area contributed by atoms with Crippen molar-refractivity contribution in [3.63, 3.8) is 0 Å². The summed E-state index contributed by atoms with van der Waals surface area (Å²) in [4.78, 5) is 0. The number of nitrogens with one attached hydrogen (secondary N) is 2. The van der Waals surface area contributed by atoms with E-state index in [9.17, 15) is 0 Å². The first-order chi connectivity index (χ1) is 10.7. The van der Waals surface area contributed by atoms with E-state index in [0.29, 0.717) is 10.0 Å². The van der Waals surface area contributed by atoms with E-state index in [2.05, 4.69) is 20.9 Å². The Balaban J connectivity index is 1.67. The number of halogens is 2. The first-order valence-corrected chi connectivity index (χ1v) is 8.64. The SMILES string of the molecule is Clc1ccc(C2=CSc3nnc([C@H]4CCCN4)n3N2)c(Cl)c1. The van der Waals surface area contributed by atoms with Crippen molar-refractivity contribution in [2.75, 3.05) is 12.0 Å². The molecule has 0 amide bonds. The molecule has 114 valence electrons. The molecule has 2 aliphatic heterocycles. The second-order valence-electron chi connectivity index (χ2n) is 5.21. The maximum atomic E-state index is 6.30. The first kappa shape index (κ1) is 14.4. The summed E-state index contributed by atoms with van der Waals surface area (Å²) in [6.45, 7) is 1.02. The number of thioether (sulfide) groups is 1. The quantitative estimate of drug-likeness (QED) is 0.862. The summed E-state index contributed by atoms with van der Waals surface area (Å²) in [6, 6.07) is 5.73. The molecular formula is C14H13Cl2N5S. The zero-order valence-corrected chi connectivity index (χ0v) is 13.8. The standard InChI is InChI=1S/C14H13Cl2N5S/c15-8-3-4-9(10(16)6-8)12-7-22-14-19-18-13(21(14)20-12)11-2-1-5-17-11/h3-4,6-7,11,17,20H,1-2,5H2/t11-/m1/s1. The average molecular weight is 354 g/mol. The van der Waals surface area contributed by atoms with Gasteiger partial charge in [0.25, 0.3) is 0 Å². The molecule has 0 spiro atoms. The molecule has 2 N–H and O–H groups in total. The lowest BCUT2D eigenvalue weighted by molar-refractivity contribution is 0.577. The van der Waals surface area contributed by atoms with E-state index in [1.54, 1.807) is 6.07 Å². The van der Waals surface area contributed by atoms with Crippen molar-refractivity contribution in [2.24, 2.45) is 0 Å². The molecule has 1 fully saturated rings. The molecule has 0 radical (unpaired) electrons. The Morgan fingerprint density at radius 1 is 1.27 bits per heavy atom. The van der Waals surface area contributed by atoms with E-state index in [1.165, 1.54) is 11.8 Å². The minimum absolute atomic E-state index is 0.245. The summed E-state index contributed by atoms with van der Waals surface area (Å²) in [5.74, 6) is 0.913. The summed E-state index contributed by atoms with van der Waals surface area (Å²) in [5, 5.41) is 16.1. The Morgan fingerprint density at radius 2 is 2.18 bits per heavy atom. The second-order valence-corrected chi connectivity index (χ2v) is 6.89. The lowest BCUT2D eigenvalue weighted by Crippen LogP contribution is -2.25. The van der Waals surface area contributed by atoms with Gasteiger partial charge in [-0.2, -0.15) is 0 Å². The van der Waals surface area contributed by atoms with Crippen LogP contribution in [-0.2, 0) is 0 Å². The predicted molar refractivity (Wildman–Crippen MR) is 89.7 cm³/mol. The van der Waals surface area contributed by atoms with Crippen molar-refractivity contribution < 1.29 is 0 Å². The van der Waals surface area contributed by atoms with E-state index in [1.807, 2.05) is 22.2 Å². The Morgan fingerprint density at radius 3 is 2.95 bits per heavy atom. The molecule has 3 heterocycles. The molecule has 5 nitrogen and oxygen atoms in total. The van der Waals surface area contributed by atoms with E-state index < -0.39 is 0 Å². The van der Waals surface area contributed by atoms with E-state index in [0.717, 1.165) is 41.6 Å². The smallest absolute Gasteiger partial charge is 0.214 e. The number of aromatic nitrogens is 3. The van der Waals surface area contributed by atoms with E-state index in [-0.39, 0.29) is 6.04 Å². The zero-order chi connectivity index (χ0) is 15.1. The topological polar surface area (TPSA) is 54.8 Å². The molecule has 0 bridgehead atoms. The van der Waals surface area contributed by atoms with Crippen LogP contribution in [0.5, 0.6) is 0 Å². The van der Waals surface area contributed by atoms with Gasteiger partial charge >= 0.3 is 0 Å². The monoisotopic (exact) mass is 353 g/mol. The molecule has 2 aromatic rings. The number of fused-ring (bicyclic) bond motifs is 1. The zero-order valence-electron chi connectivity index (χ0n) is 11.5. The van der Waals surface area contributed by atoms with Crippen molar-refractivity contribution in [3.8, 4) is 0 Å². The molecule has 1 saturated heterocycles. The van der Waals surface area contributed by atoms with Gasteiger partial charge in [0, 0.05) is 16.0 Å². The van der Waals surface area contributed by atoms with Crippen molar-refractivity contribution in [1.82, 2.24) is 20.2 Å². The van der Waals surface area contributed by atoms with Gasteiger partial charge in [-0.25, -0.2) is 4.68 Å². The number of rotatable bonds is 2. The van der Waals surface area contributed by atoms with Crippen molar-refractivity contribution in [1.29, 1.82) is 0 Å². The first-order valence-electron chi connectivity index (χ1n) is 7.00. The second kappa shape index (κ2) is 5.77. The lowest BCUT2D eigenvalue weighted by atomic mass is 10.2. The van der Waals surface area contributed by atoms with Crippen molar-refractivity contribution in [2.45, 2.75) is 24.0 Å². The molecule has 4 rings (SSSR count). The third-order valence-corrected chi connectivity index (χ3v) is 5.14. The van der Waals surface area contributed by atoms with Gasteiger partial charge in [-0.1, -0.05) is 35.0 Å². The third-order valence-electron chi connectivity index (χ3n) is 3.77. The van der Waals surface area contributed by atoms with Crippen LogP contribution in [0.1, 0.15) is 30.3 Å². The van der Waals surface area contributed by atoms with E-state index >= 15 is 0 Å². The van der Waals surface area contributed by atoms with Crippen LogP contribution in [-0.4, -0.2) is 21.4 Å². The third kappa shape index (κ3) is 2.50. The molecule has 0 aliphatic carbocycles. The molecule has 1 aromatic carbocycles. The van der Waals surface area contributed by atoms with Crippen LogP contribution in [0.2, 0.25) is 10.0 Å². The van der Waals surface area contributed by atoms with Crippen molar-refractivity contribution in [3.05, 3.63) is 45.0 Å². The minimum atomic E-state index is 0.245. The molecule has 8 heteroatoms. The fourth-order valence-electron chi connectivity index (χ4n) is 2.68. The summed E-state index contributed by atoms with van der Waals surface area (Å²) >= 11 is 13.8. The molecule has 1 aromatic heterocycles. The maximum absolute atomic E-state index is 6.30. The van der Waals surface area contributed by atoms with Gasteiger partial charge in [-0.05, 0) is 37.6 Å². The van der Waals surface area contributed by atoms with Crippen LogP contribution < -0.4 is 10.7 Å². The van der Waals surface area contributed by atoms with E-state index in [4.69, 9.17) is 23.2 Å². The van der Waals surface area contributed by atoms with Gasteiger partial charge < -0.3 is 5.32 Å². The van der Waals surface area contributed by atoms with Gasteiger partial charge in [0.15, 0.2) is 5.82 Å². The molecular weight excluding hydrogens is 341 g/mol. The molecule has 1 atom stereocenters. The highest BCUT2D eigenvalue weighted by atomic mass is 35.5. The highest BCUT2D eigenvalue weighted by molar-refractivity contribution is 8.02. The number of hydrogen-bond donors (Lipinski definition) is 2. The Labute approximate surface area is 142 Å². The van der Waals surface area contributed by atoms with Crippen LogP contribution in [0, 0.1) is 0 Å². The number of nitrogens with zero attached hydrogens (tertiary/aromatic N) is 3. The van der Waals surface area contributed by atoms with Crippen LogP contribution >= 0.6 is 35.0 Å². The van der Waals surface area contributed by atoms with Gasteiger partial charge in [-0.15, -0.1) is 10.2 Å². The fourth-order valence-corrected chi connectivity index (χ4v) is 3.93. The number of hydrogen-bond acceptors (Lipinski definition) is 5. The van der Waals surface area contributed by atoms with Crippen LogP contribution in [0.15, 0.2) is 28.8 Å². The maximum Gasteiger partial charge on any atom is 0.214 e. The Bertz CT molecular complexity index is 752. The summed E-state index contributed by atoms with van der Waals surface area (Å²) in [6.07, 6.45) is 2.23. The summed E-state index contributed by atoms with van der Waals surface area (Å²) in [7, 11) is 0. The van der Waals surface area contributed by atoms with Crippen molar-refractivity contribution >= 4 is 40.7 Å². The Hall–Kier alpha value is -1.21. The number of benzene rings is 1. The predicted octanol–water partition coefficient (Wildman–Crippen LogP) is 3.66. The fraction of sp³-hybridized carbons (Fsp3) is 0.286. The molecule has 0 unspecified atom stereocenters. The molecule has 0 saturated carbocycles. The minimum Gasteiger partial charge on any atom is -0.307 e. The van der Waals surface area contributed by atoms with Crippen LogP contribution in [0.4, 0.5) is 0 Å². The van der Waals surface area contributed by atoms with Gasteiger partial charge in [0.1, 0.15) is 0 Å². The summed E-state index contributed by atoms with van der Waals surface area (Å²) < 4.78 is 1.94. The normalized spacial score (nSPS) is 20.5.